The number of aromatic amines is 1. The number of benzene rings is 2. The molecule has 0 saturated carbocycles. The van der Waals surface area contributed by atoms with Crippen LogP contribution in [-0.2, 0) is 0 Å². The summed E-state index contributed by atoms with van der Waals surface area (Å²) in [6.07, 6.45) is 0.922. The molecule has 1 saturated heterocycles. The van der Waals surface area contributed by atoms with Crippen LogP contribution in [0.15, 0.2) is 60.7 Å². The maximum absolute atomic E-state index is 12.5. The largest absolute Gasteiger partial charge is 0.353 e. The molecule has 0 aliphatic carbocycles. The molecule has 0 spiro atoms. The smallest absolute Gasteiger partial charge is 0.251 e. The van der Waals surface area contributed by atoms with Gasteiger partial charge in [-0.2, -0.15) is 5.10 Å². The number of carbonyl (C=O) groups is 1. The van der Waals surface area contributed by atoms with E-state index in [1.165, 1.54) is 0 Å². The highest BCUT2D eigenvalue weighted by molar-refractivity contribution is 5.95. The maximum atomic E-state index is 12.5. The van der Waals surface area contributed by atoms with Crippen molar-refractivity contribution in [2.75, 3.05) is 18.0 Å². The number of hydrogen-bond acceptors (Lipinski definition) is 3. The molecule has 26 heavy (non-hydrogen) atoms. The molecule has 0 unspecified atom stereocenters. The van der Waals surface area contributed by atoms with Gasteiger partial charge in [0.1, 0.15) is 0 Å². The Morgan fingerprint density at radius 3 is 2.73 bits per heavy atom. The fraction of sp³-hybridized carbons (Fsp3) is 0.238. The van der Waals surface area contributed by atoms with Gasteiger partial charge in [-0.15, -0.1) is 0 Å². The molecule has 1 aliphatic rings. The van der Waals surface area contributed by atoms with Crippen LogP contribution in [0.4, 0.5) is 5.82 Å². The molecule has 5 nitrogen and oxygen atoms in total. The molecule has 5 heteroatoms. The topological polar surface area (TPSA) is 61.0 Å². The zero-order valence-electron chi connectivity index (χ0n) is 14.8. The lowest BCUT2D eigenvalue weighted by atomic mass is 10.1. The van der Waals surface area contributed by atoms with Crippen LogP contribution in [0.1, 0.15) is 22.3 Å². The number of H-pyrrole nitrogens is 1. The van der Waals surface area contributed by atoms with Crippen LogP contribution >= 0.6 is 0 Å². The van der Waals surface area contributed by atoms with Gasteiger partial charge in [0.05, 0.1) is 5.69 Å². The summed E-state index contributed by atoms with van der Waals surface area (Å²) in [5, 5.41) is 10.7. The zero-order valence-corrected chi connectivity index (χ0v) is 14.8. The molecule has 1 fully saturated rings. The normalized spacial score (nSPS) is 16.7. The number of nitrogens with zero attached hydrogens (tertiary/aromatic N) is 2. The monoisotopic (exact) mass is 346 g/mol. The Kier molecular flexibility index (Phi) is 4.44. The van der Waals surface area contributed by atoms with Crippen molar-refractivity contribution in [2.24, 2.45) is 0 Å². The molecule has 2 aromatic carbocycles. The van der Waals surface area contributed by atoms with Gasteiger partial charge in [-0.3, -0.25) is 9.89 Å². The van der Waals surface area contributed by atoms with Gasteiger partial charge in [-0.25, -0.2) is 0 Å². The highest BCUT2D eigenvalue weighted by Crippen LogP contribution is 2.24. The lowest BCUT2D eigenvalue weighted by Crippen LogP contribution is -2.37. The molecule has 2 heterocycles. The van der Waals surface area contributed by atoms with E-state index in [4.69, 9.17) is 0 Å². The molecule has 2 N–H and O–H groups in total. The molecule has 1 aliphatic heterocycles. The third-order valence-corrected chi connectivity index (χ3v) is 4.89. The number of amides is 1. The fourth-order valence-corrected chi connectivity index (χ4v) is 3.42. The van der Waals surface area contributed by atoms with Crippen LogP contribution in [-0.4, -0.2) is 35.2 Å². The lowest BCUT2D eigenvalue weighted by molar-refractivity contribution is 0.0940. The van der Waals surface area contributed by atoms with Crippen molar-refractivity contribution in [3.05, 3.63) is 71.8 Å². The van der Waals surface area contributed by atoms with Crippen molar-refractivity contribution >= 4 is 11.7 Å². The minimum atomic E-state index is 0.00181. The third-order valence-electron chi connectivity index (χ3n) is 4.89. The minimum Gasteiger partial charge on any atom is -0.353 e. The second-order valence-electron chi connectivity index (χ2n) is 6.73. The molecule has 1 amide bonds. The molecule has 1 aromatic heterocycles. The molecule has 0 radical (unpaired) electrons. The minimum absolute atomic E-state index is 0.00181. The van der Waals surface area contributed by atoms with E-state index >= 15 is 0 Å². The van der Waals surface area contributed by atoms with E-state index in [0.717, 1.165) is 47.7 Å². The van der Waals surface area contributed by atoms with Gasteiger partial charge in [0.25, 0.3) is 5.91 Å². The van der Waals surface area contributed by atoms with E-state index < -0.39 is 0 Å². The SMILES string of the molecule is Cc1ccccc1C(=O)N[C@@H]1CCN(c2cc(-c3ccccc3)[nH]n2)C1. The van der Waals surface area contributed by atoms with Gasteiger partial charge in [0.2, 0.25) is 0 Å². The van der Waals surface area contributed by atoms with E-state index in [1.807, 2.05) is 49.4 Å². The van der Waals surface area contributed by atoms with Gasteiger partial charge in [0, 0.05) is 30.8 Å². The van der Waals surface area contributed by atoms with Crippen molar-refractivity contribution < 1.29 is 4.79 Å². The van der Waals surface area contributed by atoms with Crippen LogP contribution in [0.5, 0.6) is 0 Å². The number of aryl methyl sites for hydroxylation is 1. The second-order valence-corrected chi connectivity index (χ2v) is 6.73. The quantitative estimate of drug-likeness (QED) is 0.761. The summed E-state index contributed by atoms with van der Waals surface area (Å²) in [4.78, 5) is 14.7. The summed E-state index contributed by atoms with van der Waals surface area (Å²) in [5.74, 6) is 0.929. The van der Waals surface area contributed by atoms with Crippen molar-refractivity contribution in [3.63, 3.8) is 0 Å². The molecular weight excluding hydrogens is 324 g/mol. The second kappa shape index (κ2) is 7.04. The van der Waals surface area contributed by atoms with Crippen LogP contribution in [0.3, 0.4) is 0 Å². The van der Waals surface area contributed by atoms with Crippen LogP contribution in [0.2, 0.25) is 0 Å². The van der Waals surface area contributed by atoms with Gasteiger partial charge in [-0.1, -0.05) is 48.5 Å². The van der Waals surface area contributed by atoms with E-state index in [-0.39, 0.29) is 11.9 Å². The molecule has 4 rings (SSSR count). The van der Waals surface area contributed by atoms with Crippen molar-refractivity contribution in [1.29, 1.82) is 0 Å². The van der Waals surface area contributed by atoms with Crippen molar-refractivity contribution in [1.82, 2.24) is 15.5 Å². The summed E-state index contributed by atoms with van der Waals surface area (Å²) in [7, 11) is 0. The molecule has 0 bridgehead atoms. The van der Waals surface area contributed by atoms with E-state index in [9.17, 15) is 4.79 Å². The zero-order chi connectivity index (χ0) is 17.9. The Morgan fingerprint density at radius 2 is 1.92 bits per heavy atom. The Balaban J connectivity index is 1.41. The fourth-order valence-electron chi connectivity index (χ4n) is 3.42. The Morgan fingerprint density at radius 1 is 1.15 bits per heavy atom. The predicted molar refractivity (Wildman–Crippen MR) is 103 cm³/mol. The van der Waals surface area contributed by atoms with Crippen LogP contribution in [0.25, 0.3) is 11.3 Å². The first-order valence-electron chi connectivity index (χ1n) is 8.93. The summed E-state index contributed by atoms with van der Waals surface area (Å²) >= 11 is 0. The lowest BCUT2D eigenvalue weighted by Gasteiger charge is -2.16. The third kappa shape index (κ3) is 3.33. The number of anilines is 1. The number of hydrogen-bond donors (Lipinski definition) is 2. The first kappa shape index (κ1) is 16.4. The first-order chi connectivity index (χ1) is 12.7. The van der Waals surface area contributed by atoms with Crippen LogP contribution in [0, 0.1) is 6.92 Å². The van der Waals surface area contributed by atoms with Crippen LogP contribution < -0.4 is 10.2 Å². The summed E-state index contributed by atoms with van der Waals surface area (Å²) in [5.41, 5.74) is 3.87. The van der Waals surface area contributed by atoms with E-state index in [0.29, 0.717) is 0 Å². The Bertz CT molecular complexity index is 903. The number of carbonyl (C=O) groups excluding carboxylic acids is 1. The first-order valence-corrected chi connectivity index (χ1v) is 8.93. The van der Waals surface area contributed by atoms with Crippen molar-refractivity contribution in [2.45, 2.75) is 19.4 Å². The van der Waals surface area contributed by atoms with Gasteiger partial charge >= 0.3 is 0 Å². The van der Waals surface area contributed by atoms with E-state index in [2.05, 4.69) is 38.6 Å². The molecule has 132 valence electrons. The summed E-state index contributed by atoms with van der Waals surface area (Å²) < 4.78 is 0. The van der Waals surface area contributed by atoms with Gasteiger partial charge in [-0.05, 0) is 30.5 Å². The Labute approximate surface area is 153 Å². The summed E-state index contributed by atoms with van der Waals surface area (Å²) in [6, 6.07) is 20.1. The molecule has 3 aromatic rings. The average molecular weight is 346 g/mol. The molecule has 1 atom stereocenters. The Hall–Kier alpha value is -3.08. The molecular formula is C21H22N4O. The summed E-state index contributed by atoms with van der Waals surface area (Å²) in [6.45, 7) is 3.62. The van der Waals surface area contributed by atoms with E-state index in [1.54, 1.807) is 0 Å². The van der Waals surface area contributed by atoms with Gasteiger partial charge in [0.15, 0.2) is 5.82 Å². The predicted octanol–water partition coefficient (Wildman–Crippen LogP) is 3.39. The highest BCUT2D eigenvalue weighted by atomic mass is 16.1. The van der Waals surface area contributed by atoms with Crippen molar-refractivity contribution in [3.8, 4) is 11.3 Å². The highest BCUT2D eigenvalue weighted by Gasteiger charge is 2.26. The average Bonchev–Trinajstić information content (AvgIpc) is 3.32. The maximum Gasteiger partial charge on any atom is 0.251 e. The number of aromatic nitrogens is 2. The number of nitrogens with one attached hydrogen (secondary N) is 2. The van der Waals surface area contributed by atoms with Gasteiger partial charge < -0.3 is 10.2 Å². The number of rotatable bonds is 4. The standard InChI is InChI=1S/C21H22N4O/c1-15-7-5-6-10-18(15)21(26)22-17-11-12-25(14-17)20-13-19(23-24-20)16-8-3-2-4-9-16/h2-10,13,17H,11-12,14H2,1H3,(H,22,26)(H,23,24)/t17-/m1/s1.